The van der Waals surface area contributed by atoms with Crippen molar-refractivity contribution in [1.29, 1.82) is 0 Å². The second kappa shape index (κ2) is 8.33. The highest BCUT2D eigenvalue weighted by molar-refractivity contribution is 7.80. The number of rotatable bonds is 5. The molecule has 1 aromatic rings. The Morgan fingerprint density at radius 3 is 2.50 bits per heavy atom. The zero-order chi connectivity index (χ0) is 17.7. The molecule has 0 aliphatic carbocycles. The molecular formula is C14H19N3O6S. The van der Waals surface area contributed by atoms with Crippen molar-refractivity contribution in [2.45, 2.75) is 30.7 Å². The molecule has 0 bridgehead atoms. The molecular weight excluding hydrogens is 338 g/mol. The van der Waals surface area contributed by atoms with Gasteiger partial charge in [0.1, 0.15) is 30.2 Å². The lowest BCUT2D eigenvalue weighted by Crippen LogP contribution is -2.60. The summed E-state index contributed by atoms with van der Waals surface area (Å²) in [5, 5.41) is 42.3. The summed E-state index contributed by atoms with van der Waals surface area (Å²) in [7, 11) is 0. The molecule has 0 spiro atoms. The smallest absolute Gasteiger partial charge is 0.229 e. The predicted molar refractivity (Wildman–Crippen MR) is 88.4 cm³/mol. The zero-order valence-corrected chi connectivity index (χ0v) is 13.3. The number of hydrogen-bond acceptors (Lipinski definition) is 8. The Morgan fingerprint density at radius 1 is 1.25 bits per heavy atom. The van der Waals surface area contributed by atoms with Crippen LogP contribution in [0, 0.1) is 0 Å². The summed E-state index contributed by atoms with van der Waals surface area (Å²) in [5.74, 6) is 0.360. The maximum atomic E-state index is 9.91. The van der Waals surface area contributed by atoms with Gasteiger partial charge in [0.05, 0.1) is 12.8 Å². The summed E-state index contributed by atoms with van der Waals surface area (Å²) in [6.45, 7) is -0.518. The van der Waals surface area contributed by atoms with E-state index in [1.165, 1.54) is 6.21 Å². The van der Waals surface area contributed by atoms with E-state index in [-0.39, 0.29) is 5.11 Å². The third-order valence-corrected chi connectivity index (χ3v) is 3.46. The summed E-state index contributed by atoms with van der Waals surface area (Å²) in [4.78, 5) is 0. The first-order chi connectivity index (χ1) is 11.4. The summed E-state index contributed by atoms with van der Waals surface area (Å²) < 4.78 is 10.7. The molecule has 1 heterocycles. The van der Waals surface area contributed by atoms with Crippen LogP contribution < -0.4 is 15.9 Å². The van der Waals surface area contributed by atoms with Crippen molar-refractivity contribution in [3.63, 3.8) is 0 Å². The normalized spacial score (nSPS) is 30.2. The number of nitrogens with zero attached hydrogens (tertiary/aromatic N) is 1. The zero-order valence-electron chi connectivity index (χ0n) is 12.5. The standard InChI is InChI=1S/C14H19N3O6S/c15-14(24)17-16-5-7-1-3-8(4-2-7)22-13-12(21)11(20)10(19)9(6-18)23-13/h1-5,9-13,18-21H,6H2,(H3,15,17,24)/b16-5+/t9-,10-,11+,12-,13-/m1/s1. The van der Waals surface area contributed by atoms with Crippen molar-refractivity contribution in [1.82, 2.24) is 5.43 Å². The second-order valence-corrected chi connectivity index (χ2v) is 5.56. The van der Waals surface area contributed by atoms with Gasteiger partial charge in [0.2, 0.25) is 6.29 Å². The second-order valence-electron chi connectivity index (χ2n) is 5.12. The molecule has 1 aliphatic heterocycles. The van der Waals surface area contributed by atoms with Gasteiger partial charge < -0.3 is 35.6 Å². The summed E-state index contributed by atoms with van der Waals surface area (Å²) in [6.07, 6.45) is -5.12. The lowest BCUT2D eigenvalue weighted by Gasteiger charge is -2.39. The number of ether oxygens (including phenoxy) is 2. The van der Waals surface area contributed by atoms with Crippen molar-refractivity contribution in [2.75, 3.05) is 6.61 Å². The van der Waals surface area contributed by atoms with Crippen molar-refractivity contribution in [3.05, 3.63) is 29.8 Å². The third kappa shape index (κ3) is 4.60. The van der Waals surface area contributed by atoms with E-state index in [0.29, 0.717) is 5.75 Å². The van der Waals surface area contributed by atoms with E-state index in [2.05, 4.69) is 22.7 Å². The van der Waals surface area contributed by atoms with E-state index < -0.39 is 37.3 Å². The minimum atomic E-state index is -1.49. The van der Waals surface area contributed by atoms with Crippen LogP contribution in [-0.4, -0.2) is 69.1 Å². The number of nitrogens with one attached hydrogen (secondary N) is 1. The van der Waals surface area contributed by atoms with Crippen LogP contribution in [0.5, 0.6) is 5.75 Å². The Bertz CT molecular complexity index is 582. The summed E-state index contributed by atoms with van der Waals surface area (Å²) >= 11 is 4.61. The third-order valence-electron chi connectivity index (χ3n) is 3.37. The quantitative estimate of drug-likeness (QED) is 0.200. The fourth-order valence-corrected chi connectivity index (χ4v) is 2.15. The predicted octanol–water partition coefficient (Wildman–Crippen LogP) is -1.97. The van der Waals surface area contributed by atoms with Crippen molar-refractivity contribution in [3.8, 4) is 5.75 Å². The molecule has 5 atom stereocenters. The van der Waals surface area contributed by atoms with E-state index >= 15 is 0 Å². The van der Waals surface area contributed by atoms with Crippen LogP contribution >= 0.6 is 12.2 Å². The van der Waals surface area contributed by atoms with Crippen LogP contribution in [0.2, 0.25) is 0 Å². The molecule has 1 fully saturated rings. The lowest BCUT2D eigenvalue weighted by atomic mass is 9.99. The van der Waals surface area contributed by atoms with Gasteiger partial charge in [-0.25, -0.2) is 0 Å². The average Bonchev–Trinajstić information content (AvgIpc) is 2.56. The van der Waals surface area contributed by atoms with Gasteiger partial charge >= 0.3 is 0 Å². The number of thiocarbonyl (C=S) groups is 1. The van der Waals surface area contributed by atoms with Gasteiger partial charge in [0.15, 0.2) is 5.11 Å². The molecule has 0 aromatic heterocycles. The Labute approximate surface area is 143 Å². The first-order valence-corrected chi connectivity index (χ1v) is 7.49. The number of aliphatic hydroxyl groups is 4. The lowest BCUT2D eigenvalue weighted by molar-refractivity contribution is -0.277. The topological polar surface area (TPSA) is 150 Å². The van der Waals surface area contributed by atoms with E-state index in [1.807, 2.05) is 0 Å². The summed E-state index contributed by atoms with van der Waals surface area (Å²) in [5.41, 5.74) is 8.39. The SMILES string of the molecule is NC(=S)N/N=C/c1ccc(O[C@@H]2O[C@H](CO)[C@@H](O)[C@H](O)[C@H]2O)cc1. The maximum absolute atomic E-state index is 9.91. The largest absolute Gasteiger partial charge is 0.462 e. The number of benzene rings is 1. The van der Waals surface area contributed by atoms with E-state index in [4.69, 9.17) is 20.3 Å². The Morgan fingerprint density at radius 2 is 1.92 bits per heavy atom. The van der Waals surface area contributed by atoms with Crippen molar-refractivity contribution in [2.24, 2.45) is 10.8 Å². The van der Waals surface area contributed by atoms with Gasteiger partial charge in [-0.1, -0.05) is 0 Å². The molecule has 0 saturated carbocycles. The minimum absolute atomic E-state index is 0.0498. The Balaban J connectivity index is 2.00. The molecule has 1 aromatic carbocycles. The number of hydrazone groups is 1. The van der Waals surface area contributed by atoms with E-state index in [1.54, 1.807) is 24.3 Å². The van der Waals surface area contributed by atoms with E-state index in [0.717, 1.165) is 5.56 Å². The Hall–Kier alpha value is -1.82. The first-order valence-electron chi connectivity index (χ1n) is 7.08. The molecule has 132 valence electrons. The number of nitrogens with two attached hydrogens (primary N) is 1. The number of hydrogen-bond donors (Lipinski definition) is 6. The van der Waals surface area contributed by atoms with Crippen LogP contribution in [0.25, 0.3) is 0 Å². The molecule has 0 radical (unpaired) electrons. The van der Waals surface area contributed by atoms with Gasteiger partial charge in [-0.05, 0) is 42.0 Å². The maximum Gasteiger partial charge on any atom is 0.229 e. The fraction of sp³-hybridized carbons (Fsp3) is 0.429. The van der Waals surface area contributed by atoms with Gasteiger partial charge in [0, 0.05) is 0 Å². The van der Waals surface area contributed by atoms with Crippen LogP contribution in [0.3, 0.4) is 0 Å². The molecule has 7 N–H and O–H groups in total. The van der Waals surface area contributed by atoms with Crippen molar-refractivity contribution < 1.29 is 29.9 Å². The molecule has 9 nitrogen and oxygen atoms in total. The van der Waals surface area contributed by atoms with Crippen LogP contribution in [0.4, 0.5) is 0 Å². The van der Waals surface area contributed by atoms with Crippen LogP contribution in [0.1, 0.15) is 5.56 Å². The van der Waals surface area contributed by atoms with Crippen LogP contribution in [-0.2, 0) is 4.74 Å². The van der Waals surface area contributed by atoms with E-state index in [9.17, 15) is 15.3 Å². The molecule has 24 heavy (non-hydrogen) atoms. The van der Waals surface area contributed by atoms with Gasteiger partial charge in [-0.3, -0.25) is 5.43 Å². The highest BCUT2D eigenvalue weighted by Gasteiger charge is 2.44. The summed E-state index contributed by atoms with van der Waals surface area (Å²) in [6, 6.07) is 6.57. The van der Waals surface area contributed by atoms with Crippen LogP contribution in [0.15, 0.2) is 29.4 Å². The molecule has 1 aliphatic rings. The van der Waals surface area contributed by atoms with Gasteiger partial charge in [-0.2, -0.15) is 5.10 Å². The average molecular weight is 357 g/mol. The number of aliphatic hydroxyl groups excluding tert-OH is 4. The monoisotopic (exact) mass is 357 g/mol. The highest BCUT2D eigenvalue weighted by atomic mass is 32.1. The van der Waals surface area contributed by atoms with Crippen molar-refractivity contribution >= 4 is 23.5 Å². The molecule has 0 unspecified atom stereocenters. The fourth-order valence-electron chi connectivity index (χ4n) is 2.10. The molecule has 10 heteroatoms. The Kier molecular flexibility index (Phi) is 6.43. The van der Waals surface area contributed by atoms with Gasteiger partial charge in [-0.15, -0.1) is 0 Å². The first kappa shape index (κ1) is 18.5. The molecule has 2 rings (SSSR count). The van der Waals surface area contributed by atoms with Gasteiger partial charge in [0.25, 0.3) is 0 Å². The highest BCUT2D eigenvalue weighted by Crippen LogP contribution is 2.24. The molecule has 0 amide bonds. The minimum Gasteiger partial charge on any atom is -0.462 e. The molecule has 1 saturated heterocycles.